The highest BCUT2D eigenvalue weighted by atomic mass is 15.0. The standard InChI is InChI=1S/C37H24N4/c1-2-10-30-26(7-1)8-5-12-31(30)35-22-28(21-34(40-35)27-9-6-19-38-23-27)25-14-16-29(17-15-25)41-36-13-4-3-11-32(36)33-24-39-20-18-37(33)41/h1-24H. The van der Waals surface area contributed by atoms with E-state index < -0.39 is 0 Å². The van der Waals surface area contributed by atoms with Crippen LogP contribution in [-0.4, -0.2) is 19.5 Å². The van der Waals surface area contributed by atoms with E-state index in [1.54, 1.807) is 6.20 Å². The summed E-state index contributed by atoms with van der Waals surface area (Å²) in [6.45, 7) is 0. The number of hydrogen-bond donors (Lipinski definition) is 0. The molecular formula is C37H24N4. The molecule has 0 saturated carbocycles. The Morgan fingerprint density at radius 3 is 2.10 bits per heavy atom. The minimum Gasteiger partial charge on any atom is -0.309 e. The van der Waals surface area contributed by atoms with Crippen LogP contribution in [0.2, 0.25) is 0 Å². The molecule has 192 valence electrons. The van der Waals surface area contributed by atoms with Crippen molar-refractivity contribution < 1.29 is 0 Å². The van der Waals surface area contributed by atoms with Crippen molar-refractivity contribution in [1.29, 1.82) is 0 Å². The number of hydrogen-bond acceptors (Lipinski definition) is 3. The van der Waals surface area contributed by atoms with Gasteiger partial charge in [-0.3, -0.25) is 9.97 Å². The van der Waals surface area contributed by atoms with E-state index in [0.717, 1.165) is 50.2 Å². The van der Waals surface area contributed by atoms with E-state index in [4.69, 9.17) is 4.98 Å². The summed E-state index contributed by atoms with van der Waals surface area (Å²) in [6, 6.07) is 42.6. The molecule has 0 N–H and O–H groups in total. The molecule has 0 amide bonds. The van der Waals surface area contributed by atoms with Gasteiger partial charge in [-0.2, -0.15) is 0 Å². The molecule has 0 atom stereocenters. The summed E-state index contributed by atoms with van der Waals surface area (Å²) in [5, 5.41) is 4.75. The minimum atomic E-state index is 0.900. The molecule has 4 heteroatoms. The van der Waals surface area contributed by atoms with Gasteiger partial charge in [0.2, 0.25) is 0 Å². The van der Waals surface area contributed by atoms with Gasteiger partial charge >= 0.3 is 0 Å². The Bertz CT molecular complexity index is 2140. The summed E-state index contributed by atoms with van der Waals surface area (Å²) in [5.41, 5.74) is 9.62. The Morgan fingerprint density at radius 2 is 1.22 bits per heavy atom. The number of fused-ring (bicyclic) bond motifs is 4. The Morgan fingerprint density at radius 1 is 0.463 bits per heavy atom. The molecule has 0 unspecified atom stereocenters. The lowest BCUT2D eigenvalue weighted by Crippen LogP contribution is -1.95. The molecule has 0 saturated heterocycles. The maximum atomic E-state index is 5.13. The zero-order chi connectivity index (χ0) is 27.2. The topological polar surface area (TPSA) is 43.6 Å². The Hall–Kier alpha value is -5.61. The van der Waals surface area contributed by atoms with Crippen LogP contribution in [0.3, 0.4) is 0 Å². The van der Waals surface area contributed by atoms with Crippen LogP contribution in [0.15, 0.2) is 146 Å². The van der Waals surface area contributed by atoms with Crippen LogP contribution < -0.4 is 0 Å². The second-order valence-corrected chi connectivity index (χ2v) is 10.2. The molecule has 0 fully saturated rings. The van der Waals surface area contributed by atoms with Gasteiger partial charge in [-0.05, 0) is 70.4 Å². The second kappa shape index (κ2) is 9.54. The predicted molar refractivity (Wildman–Crippen MR) is 168 cm³/mol. The Kier molecular flexibility index (Phi) is 5.42. The van der Waals surface area contributed by atoms with Crippen LogP contribution in [0.25, 0.3) is 71.9 Å². The van der Waals surface area contributed by atoms with Crippen LogP contribution in [0.5, 0.6) is 0 Å². The van der Waals surface area contributed by atoms with Crippen molar-refractivity contribution >= 4 is 32.6 Å². The van der Waals surface area contributed by atoms with Crippen molar-refractivity contribution in [2.24, 2.45) is 0 Å². The molecule has 4 aromatic carbocycles. The highest BCUT2D eigenvalue weighted by Gasteiger charge is 2.14. The maximum absolute atomic E-state index is 5.13. The lowest BCUT2D eigenvalue weighted by molar-refractivity contribution is 1.17. The molecule has 0 bridgehead atoms. The van der Waals surface area contributed by atoms with E-state index in [1.165, 1.54) is 21.7 Å². The van der Waals surface area contributed by atoms with E-state index in [0.29, 0.717) is 0 Å². The van der Waals surface area contributed by atoms with Gasteiger partial charge in [0.25, 0.3) is 0 Å². The lowest BCUT2D eigenvalue weighted by atomic mass is 9.97. The van der Waals surface area contributed by atoms with E-state index in [-0.39, 0.29) is 0 Å². The summed E-state index contributed by atoms with van der Waals surface area (Å²) < 4.78 is 2.31. The quantitative estimate of drug-likeness (QED) is 0.231. The lowest BCUT2D eigenvalue weighted by Gasteiger charge is -2.13. The molecule has 4 heterocycles. The average molecular weight is 525 g/mol. The molecular weight excluding hydrogens is 500 g/mol. The van der Waals surface area contributed by atoms with Crippen LogP contribution in [-0.2, 0) is 0 Å². The number of nitrogens with zero attached hydrogens (tertiary/aromatic N) is 4. The van der Waals surface area contributed by atoms with Gasteiger partial charge in [0.05, 0.1) is 22.4 Å². The minimum absolute atomic E-state index is 0.900. The number of para-hydroxylation sites is 1. The number of pyridine rings is 3. The summed E-state index contributed by atoms with van der Waals surface area (Å²) in [5.74, 6) is 0. The Labute approximate surface area is 237 Å². The fraction of sp³-hybridized carbons (Fsp3) is 0. The molecule has 4 aromatic heterocycles. The van der Waals surface area contributed by atoms with E-state index in [1.807, 2.05) is 24.7 Å². The molecule has 8 rings (SSSR count). The van der Waals surface area contributed by atoms with Crippen molar-refractivity contribution in [2.45, 2.75) is 0 Å². The maximum Gasteiger partial charge on any atom is 0.0731 e. The van der Waals surface area contributed by atoms with Crippen molar-refractivity contribution in [2.75, 3.05) is 0 Å². The summed E-state index contributed by atoms with van der Waals surface area (Å²) in [7, 11) is 0. The third-order valence-electron chi connectivity index (χ3n) is 7.78. The molecule has 4 nitrogen and oxygen atoms in total. The molecule has 0 aliphatic heterocycles. The van der Waals surface area contributed by atoms with Crippen molar-refractivity contribution in [3.63, 3.8) is 0 Å². The zero-order valence-corrected chi connectivity index (χ0v) is 22.1. The predicted octanol–water partition coefficient (Wildman–Crippen LogP) is 9.12. The van der Waals surface area contributed by atoms with Crippen molar-refractivity contribution in [1.82, 2.24) is 19.5 Å². The number of benzene rings is 4. The van der Waals surface area contributed by atoms with Gasteiger partial charge in [-0.25, -0.2) is 4.98 Å². The first-order valence-corrected chi connectivity index (χ1v) is 13.7. The van der Waals surface area contributed by atoms with Gasteiger partial charge in [-0.1, -0.05) is 72.8 Å². The first kappa shape index (κ1) is 23.3. The SMILES string of the molecule is c1cncc(-c2cc(-c3ccc(-n4c5ccccc5c5cnccc54)cc3)cc(-c3cccc4ccccc34)n2)c1. The largest absolute Gasteiger partial charge is 0.309 e. The fourth-order valence-corrected chi connectivity index (χ4v) is 5.84. The summed E-state index contributed by atoms with van der Waals surface area (Å²) in [6.07, 6.45) is 7.48. The van der Waals surface area contributed by atoms with Crippen molar-refractivity contribution in [3.8, 4) is 39.3 Å². The molecule has 41 heavy (non-hydrogen) atoms. The number of aromatic nitrogens is 4. The first-order valence-electron chi connectivity index (χ1n) is 13.7. The normalized spacial score (nSPS) is 11.4. The monoisotopic (exact) mass is 524 g/mol. The molecule has 0 aliphatic rings. The third kappa shape index (κ3) is 3.97. The van der Waals surface area contributed by atoms with Gasteiger partial charge in [0, 0.05) is 52.4 Å². The van der Waals surface area contributed by atoms with Crippen LogP contribution in [0.1, 0.15) is 0 Å². The molecule has 8 aromatic rings. The number of rotatable bonds is 4. The summed E-state index contributed by atoms with van der Waals surface area (Å²) >= 11 is 0. The van der Waals surface area contributed by atoms with Crippen molar-refractivity contribution in [3.05, 3.63) is 146 Å². The van der Waals surface area contributed by atoms with Gasteiger partial charge in [-0.15, -0.1) is 0 Å². The fourth-order valence-electron chi connectivity index (χ4n) is 5.84. The van der Waals surface area contributed by atoms with E-state index in [2.05, 4.69) is 130 Å². The Balaban J connectivity index is 1.29. The van der Waals surface area contributed by atoms with Gasteiger partial charge in [0.15, 0.2) is 0 Å². The van der Waals surface area contributed by atoms with Gasteiger partial charge in [0.1, 0.15) is 0 Å². The smallest absolute Gasteiger partial charge is 0.0731 e. The zero-order valence-electron chi connectivity index (χ0n) is 22.1. The van der Waals surface area contributed by atoms with E-state index in [9.17, 15) is 0 Å². The average Bonchev–Trinajstić information content (AvgIpc) is 3.39. The third-order valence-corrected chi connectivity index (χ3v) is 7.78. The molecule has 0 aliphatic carbocycles. The molecule has 0 spiro atoms. The first-order chi connectivity index (χ1) is 20.3. The molecule has 0 radical (unpaired) electrons. The summed E-state index contributed by atoms with van der Waals surface area (Å²) in [4.78, 5) is 13.9. The van der Waals surface area contributed by atoms with E-state index >= 15 is 0 Å². The van der Waals surface area contributed by atoms with Gasteiger partial charge < -0.3 is 4.57 Å². The van der Waals surface area contributed by atoms with Crippen LogP contribution in [0.4, 0.5) is 0 Å². The van der Waals surface area contributed by atoms with Crippen LogP contribution >= 0.6 is 0 Å². The highest BCUT2D eigenvalue weighted by Crippen LogP contribution is 2.35. The second-order valence-electron chi connectivity index (χ2n) is 10.2. The van der Waals surface area contributed by atoms with Crippen LogP contribution in [0, 0.1) is 0 Å². The highest BCUT2D eigenvalue weighted by molar-refractivity contribution is 6.08.